The second kappa shape index (κ2) is 7.72. The van der Waals surface area contributed by atoms with Crippen molar-refractivity contribution >= 4 is 22.8 Å². The van der Waals surface area contributed by atoms with Crippen LogP contribution in [0.15, 0.2) is 16.7 Å². The van der Waals surface area contributed by atoms with E-state index in [0.29, 0.717) is 30.4 Å². The van der Waals surface area contributed by atoms with E-state index in [1.807, 2.05) is 24.8 Å². The summed E-state index contributed by atoms with van der Waals surface area (Å²) in [4.78, 5) is 33.2. The summed E-state index contributed by atoms with van der Waals surface area (Å²) in [5.74, 6) is 3.14. The Morgan fingerprint density at radius 2 is 1.97 bits per heavy atom. The lowest BCUT2D eigenvalue weighted by Crippen LogP contribution is -2.39. The minimum atomic E-state index is -0.171. The molecule has 9 heteroatoms. The number of fused-ring (bicyclic) bond motifs is 1. The van der Waals surface area contributed by atoms with E-state index >= 15 is 0 Å². The highest BCUT2D eigenvalue weighted by Gasteiger charge is 2.38. The maximum absolute atomic E-state index is 13.2. The monoisotopic (exact) mass is 436 g/mol. The van der Waals surface area contributed by atoms with Gasteiger partial charge in [-0.3, -0.25) is 4.79 Å². The molecule has 0 aromatic carbocycles. The third-order valence-corrected chi connectivity index (χ3v) is 6.45. The minimum Gasteiger partial charge on any atom is -0.493 e. The summed E-state index contributed by atoms with van der Waals surface area (Å²) in [5, 5.41) is 4.30. The normalized spacial score (nSPS) is 18.1. The first-order chi connectivity index (χ1) is 15.3. The molecule has 1 aliphatic heterocycles. The van der Waals surface area contributed by atoms with Gasteiger partial charge in [0.05, 0.1) is 24.4 Å². The highest BCUT2D eigenvalue weighted by atomic mass is 16.5. The summed E-state index contributed by atoms with van der Waals surface area (Å²) in [6.07, 6.45) is 5.47. The van der Waals surface area contributed by atoms with E-state index in [9.17, 15) is 4.79 Å². The molecule has 2 fully saturated rings. The van der Waals surface area contributed by atoms with E-state index in [4.69, 9.17) is 9.15 Å². The Balaban J connectivity index is 1.33. The molecule has 0 unspecified atom stereocenters. The Morgan fingerprint density at radius 1 is 1.22 bits per heavy atom. The van der Waals surface area contributed by atoms with Crippen LogP contribution in [0, 0.1) is 13.8 Å². The first-order valence-electron chi connectivity index (χ1n) is 11.1. The average Bonchev–Trinajstić information content (AvgIpc) is 3.38. The highest BCUT2D eigenvalue weighted by Crippen LogP contribution is 2.39. The lowest BCUT2D eigenvalue weighted by molar-refractivity contribution is 0.0698. The lowest BCUT2D eigenvalue weighted by atomic mass is 9.95. The fourth-order valence-electron chi connectivity index (χ4n) is 4.18. The summed E-state index contributed by atoms with van der Waals surface area (Å²) in [5.41, 5.74) is 1.31. The molecule has 32 heavy (non-hydrogen) atoms. The first kappa shape index (κ1) is 20.7. The molecule has 1 N–H and O–H groups in total. The van der Waals surface area contributed by atoms with Gasteiger partial charge >= 0.3 is 0 Å². The Hall–Kier alpha value is -3.23. The van der Waals surface area contributed by atoms with Gasteiger partial charge in [-0.2, -0.15) is 4.98 Å². The molecule has 4 heterocycles. The Morgan fingerprint density at radius 3 is 2.62 bits per heavy atom. The van der Waals surface area contributed by atoms with Crippen LogP contribution in [0.1, 0.15) is 66.4 Å². The van der Waals surface area contributed by atoms with E-state index in [2.05, 4.69) is 32.2 Å². The van der Waals surface area contributed by atoms with Crippen LogP contribution in [-0.4, -0.2) is 56.5 Å². The number of likely N-dealkylation sites (tertiary alicyclic amines) is 1. The van der Waals surface area contributed by atoms with Crippen LogP contribution in [0.2, 0.25) is 0 Å². The van der Waals surface area contributed by atoms with Crippen LogP contribution < -0.4 is 10.1 Å². The molecular weight excluding hydrogens is 408 g/mol. The molecule has 1 amide bonds. The van der Waals surface area contributed by atoms with Crippen molar-refractivity contribution in [3.05, 3.63) is 35.4 Å². The van der Waals surface area contributed by atoms with Gasteiger partial charge in [-0.15, -0.1) is 0 Å². The smallest absolute Gasteiger partial charge is 0.291 e. The molecule has 0 spiro atoms. The van der Waals surface area contributed by atoms with Crippen molar-refractivity contribution in [2.75, 3.05) is 25.5 Å². The molecule has 3 aromatic rings. The number of rotatable bonds is 5. The maximum atomic E-state index is 13.2. The van der Waals surface area contributed by atoms with Crippen molar-refractivity contribution in [1.82, 2.24) is 24.8 Å². The standard InChI is InChI=1S/C23H28N6O3/c1-13-11-16-19(28-23(3)7-8-23)26-20(27-21(16)32-13)22(30)29-9-5-15(6-10-29)18-24-12-17(31-4)14(2)25-18/h11-12,15H,5-10H2,1-4H3,(H,26,27,28). The second-order valence-electron chi connectivity index (χ2n) is 9.11. The molecule has 168 valence electrons. The third-order valence-electron chi connectivity index (χ3n) is 6.45. The van der Waals surface area contributed by atoms with Crippen LogP contribution >= 0.6 is 0 Å². The van der Waals surface area contributed by atoms with Gasteiger partial charge in [0.1, 0.15) is 17.4 Å². The van der Waals surface area contributed by atoms with Crippen molar-refractivity contribution < 1.29 is 13.9 Å². The number of anilines is 1. The van der Waals surface area contributed by atoms with E-state index < -0.39 is 0 Å². The number of aromatic nitrogens is 4. The van der Waals surface area contributed by atoms with Gasteiger partial charge in [0, 0.05) is 24.5 Å². The average molecular weight is 437 g/mol. The number of nitrogens with one attached hydrogen (secondary N) is 1. The van der Waals surface area contributed by atoms with E-state index in [-0.39, 0.29) is 23.2 Å². The number of carbonyl (C=O) groups is 1. The number of nitrogens with zero attached hydrogens (tertiary/aromatic N) is 5. The summed E-state index contributed by atoms with van der Waals surface area (Å²) in [6.45, 7) is 7.16. The Kier molecular flexibility index (Phi) is 4.98. The predicted octanol–water partition coefficient (Wildman–Crippen LogP) is 3.62. The number of amides is 1. The first-order valence-corrected chi connectivity index (χ1v) is 11.1. The zero-order valence-corrected chi connectivity index (χ0v) is 18.9. The minimum absolute atomic E-state index is 0.0294. The van der Waals surface area contributed by atoms with Crippen LogP contribution in [0.4, 0.5) is 5.82 Å². The predicted molar refractivity (Wildman–Crippen MR) is 119 cm³/mol. The van der Waals surface area contributed by atoms with Gasteiger partial charge in [0.2, 0.25) is 11.5 Å². The van der Waals surface area contributed by atoms with Gasteiger partial charge < -0.3 is 19.4 Å². The van der Waals surface area contributed by atoms with Crippen LogP contribution in [-0.2, 0) is 0 Å². The number of piperidine rings is 1. The Bertz CT molecular complexity index is 1180. The molecule has 0 atom stereocenters. The third kappa shape index (κ3) is 3.87. The van der Waals surface area contributed by atoms with Gasteiger partial charge in [-0.05, 0) is 52.5 Å². The van der Waals surface area contributed by atoms with E-state index in [1.54, 1.807) is 13.3 Å². The molecule has 9 nitrogen and oxygen atoms in total. The topological polar surface area (TPSA) is 106 Å². The van der Waals surface area contributed by atoms with Crippen molar-refractivity contribution in [3.63, 3.8) is 0 Å². The molecule has 0 bridgehead atoms. The summed E-state index contributed by atoms with van der Waals surface area (Å²) < 4.78 is 11.0. The molecule has 5 rings (SSSR count). The number of ether oxygens (including phenoxy) is 1. The number of furan rings is 1. The van der Waals surface area contributed by atoms with E-state index in [0.717, 1.165) is 48.3 Å². The van der Waals surface area contributed by atoms with E-state index in [1.165, 1.54) is 0 Å². The Labute approximate surface area is 186 Å². The van der Waals surface area contributed by atoms with Gasteiger partial charge in [0.15, 0.2) is 5.75 Å². The second-order valence-corrected chi connectivity index (χ2v) is 9.11. The molecule has 2 aliphatic rings. The van der Waals surface area contributed by atoms with Crippen LogP contribution in [0.5, 0.6) is 5.75 Å². The van der Waals surface area contributed by atoms with Crippen molar-refractivity contribution in [3.8, 4) is 5.75 Å². The largest absolute Gasteiger partial charge is 0.493 e. The quantitative estimate of drug-likeness (QED) is 0.646. The van der Waals surface area contributed by atoms with Crippen LogP contribution in [0.25, 0.3) is 11.1 Å². The molecule has 1 aliphatic carbocycles. The van der Waals surface area contributed by atoms with Crippen molar-refractivity contribution in [2.45, 2.75) is 57.9 Å². The van der Waals surface area contributed by atoms with Gasteiger partial charge in [0.25, 0.3) is 5.91 Å². The molecule has 3 aromatic heterocycles. The molecule has 1 saturated carbocycles. The van der Waals surface area contributed by atoms with Gasteiger partial charge in [-0.25, -0.2) is 15.0 Å². The number of carbonyl (C=O) groups excluding carboxylic acids is 1. The number of hydrogen-bond donors (Lipinski definition) is 1. The zero-order valence-electron chi connectivity index (χ0n) is 18.9. The molecule has 1 saturated heterocycles. The summed E-state index contributed by atoms with van der Waals surface area (Å²) >= 11 is 0. The number of methoxy groups -OCH3 is 1. The maximum Gasteiger partial charge on any atom is 0.291 e. The van der Waals surface area contributed by atoms with Crippen molar-refractivity contribution in [2.24, 2.45) is 0 Å². The summed E-state index contributed by atoms with van der Waals surface area (Å²) in [6, 6.07) is 1.92. The fourth-order valence-corrected chi connectivity index (χ4v) is 4.18. The zero-order chi connectivity index (χ0) is 22.5. The fraction of sp³-hybridized carbons (Fsp3) is 0.522. The van der Waals surface area contributed by atoms with Gasteiger partial charge in [-0.1, -0.05) is 0 Å². The molecule has 0 radical (unpaired) electrons. The number of hydrogen-bond acceptors (Lipinski definition) is 8. The lowest BCUT2D eigenvalue weighted by Gasteiger charge is -2.31. The number of aryl methyl sites for hydroxylation is 2. The SMILES string of the molecule is COc1cnc(C2CCN(C(=O)c3nc(NC4(C)CC4)c4cc(C)oc4n3)CC2)nc1C. The van der Waals surface area contributed by atoms with Crippen LogP contribution in [0.3, 0.4) is 0 Å². The molecular formula is C23H28N6O3. The van der Waals surface area contributed by atoms with Crippen molar-refractivity contribution in [1.29, 1.82) is 0 Å². The highest BCUT2D eigenvalue weighted by molar-refractivity contribution is 5.95. The summed E-state index contributed by atoms with van der Waals surface area (Å²) in [7, 11) is 1.62.